The van der Waals surface area contributed by atoms with Gasteiger partial charge in [-0.15, -0.1) is 0 Å². The van der Waals surface area contributed by atoms with Crippen LogP contribution >= 0.6 is 0 Å². The van der Waals surface area contributed by atoms with Crippen molar-refractivity contribution in [2.75, 3.05) is 33.9 Å². The zero-order valence-electron chi connectivity index (χ0n) is 11.0. The second-order valence-corrected chi connectivity index (χ2v) is 4.98. The Balaban J connectivity index is 3.94. The first kappa shape index (κ1) is 14.9. The Morgan fingerprint density at radius 2 is 1.87 bits per heavy atom. The van der Waals surface area contributed by atoms with Gasteiger partial charge in [0.25, 0.3) is 0 Å². The van der Waals surface area contributed by atoms with Gasteiger partial charge < -0.3 is 15.4 Å². The van der Waals surface area contributed by atoms with Crippen LogP contribution in [0.5, 0.6) is 0 Å². The number of ether oxygens (including phenoxy) is 1. The molecule has 0 radical (unpaired) electrons. The first-order valence-corrected chi connectivity index (χ1v) is 5.90. The van der Waals surface area contributed by atoms with E-state index in [0.29, 0.717) is 12.0 Å². The Kier molecular flexibility index (Phi) is 8.02. The van der Waals surface area contributed by atoms with Crippen LogP contribution in [0.2, 0.25) is 0 Å². The summed E-state index contributed by atoms with van der Waals surface area (Å²) in [5.41, 5.74) is 5.79. The molecule has 3 nitrogen and oxygen atoms in total. The second kappa shape index (κ2) is 8.08. The van der Waals surface area contributed by atoms with Crippen LogP contribution in [0.15, 0.2) is 0 Å². The smallest absolute Gasteiger partial charge is 0.0615 e. The van der Waals surface area contributed by atoms with Gasteiger partial charge in [-0.1, -0.05) is 13.8 Å². The van der Waals surface area contributed by atoms with E-state index in [2.05, 4.69) is 32.7 Å². The normalized spacial score (nSPS) is 16.0. The Hall–Kier alpha value is -0.120. The van der Waals surface area contributed by atoms with Gasteiger partial charge in [-0.3, -0.25) is 0 Å². The summed E-state index contributed by atoms with van der Waals surface area (Å²) in [5.74, 6) is 1.33. The van der Waals surface area contributed by atoms with Crippen LogP contribution in [0.4, 0.5) is 0 Å². The first-order chi connectivity index (χ1) is 7.01. The van der Waals surface area contributed by atoms with Crippen LogP contribution in [0, 0.1) is 11.8 Å². The molecular formula is C12H28N2O. The maximum Gasteiger partial charge on any atom is 0.0615 e. The average Bonchev–Trinajstić information content (AvgIpc) is 2.16. The highest BCUT2D eigenvalue weighted by Gasteiger charge is 2.15. The summed E-state index contributed by atoms with van der Waals surface area (Å²) in [4.78, 5) is 2.34. The van der Waals surface area contributed by atoms with E-state index in [1.165, 1.54) is 6.42 Å². The molecule has 0 fully saturated rings. The lowest BCUT2D eigenvalue weighted by Gasteiger charge is -2.28. The highest BCUT2D eigenvalue weighted by Crippen LogP contribution is 2.12. The highest BCUT2D eigenvalue weighted by atomic mass is 16.5. The van der Waals surface area contributed by atoms with Gasteiger partial charge in [-0.25, -0.2) is 0 Å². The molecule has 2 unspecified atom stereocenters. The molecule has 92 valence electrons. The van der Waals surface area contributed by atoms with E-state index in [9.17, 15) is 0 Å². The SMILES string of the molecule is COCC(C)N(C)CC(CN)CC(C)C. The van der Waals surface area contributed by atoms with E-state index in [1.807, 2.05) is 0 Å². The third-order valence-electron chi connectivity index (χ3n) is 2.84. The molecule has 0 rings (SSSR count). The van der Waals surface area contributed by atoms with Crippen molar-refractivity contribution in [1.29, 1.82) is 0 Å². The van der Waals surface area contributed by atoms with Gasteiger partial charge in [-0.2, -0.15) is 0 Å². The molecule has 0 spiro atoms. The van der Waals surface area contributed by atoms with Crippen LogP contribution in [-0.2, 0) is 4.74 Å². The second-order valence-electron chi connectivity index (χ2n) is 4.98. The van der Waals surface area contributed by atoms with Gasteiger partial charge in [0, 0.05) is 19.7 Å². The minimum absolute atomic E-state index is 0.469. The van der Waals surface area contributed by atoms with Crippen molar-refractivity contribution in [3.63, 3.8) is 0 Å². The molecule has 0 aromatic heterocycles. The fraction of sp³-hybridized carbons (Fsp3) is 1.00. The summed E-state index contributed by atoms with van der Waals surface area (Å²) in [6.07, 6.45) is 1.21. The van der Waals surface area contributed by atoms with Gasteiger partial charge in [0.05, 0.1) is 6.61 Å². The van der Waals surface area contributed by atoms with E-state index in [1.54, 1.807) is 7.11 Å². The van der Waals surface area contributed by atoms with Gasteiger partial charge in [-0.05, 0) is 38.8 Å². The molecule has 0 aromatic carbocycles. The van der Waals surface area contributed by atoms with Crippen LogP contribution in [0.3, 0.4) is 0 Å². The van der Waals surface area contributed by atoms with Crippen molar-refractivity contribution < 1.29 is 4.74 Å². The van der Waals surface area contributed by atoms with Crippen LogP contribution in [-0.4, -0.2) is 44.8 Å². The number of nitrogens with two attached hydrogens (primary N) is 1. The van der Waals surface area contributed by atoms with Crippen LogP contribution in [0.1, 0.15) is 27.2 Å². The highest BCUT2D eigenvalue weighted by molar-refractivity contribution is 4.70. The minimum atomic E-state index is 0.469. The van der Waals surface area contributed by atoms with Gasteiger partial charge in [0.15, 0.2) is 0 Å². The molecule has 0 bridgehead atoms. The fourth-order valence-corrected chi connectivity index (χ4v) is 1.87. The van der Waals surface area contributed by atoms with Crippen molar-refractivity contribution in [3.8, 4) is 0 Å². The van der Waals surface area contributed by atoms with Crippen molar-refractivity contribution in [1.82, 2.24) is 4.90 Å². The predicted molar refractivity (Wildman–Crippen MR) is 66.0 cm³/mol. The lowest BCUT2D eigenvalue weighted by atomic mass is 9.96. The molecular weight excluding hydrogens is 188 g/mol. The van der Waals surface area contributed by atoms with E-state index >= 15 is 0 Å². The van der Waals surface area contributed by atoms with Crippen molar-refractivity contribution >= 4 is 0 Å². The zero-order chi connectivity index (χ0) is 11.8. The quantitative estimate of drug-likeness (QED) is 0.669. The van der Waals surface area contributed by atoms with E-state index < -0.39 is 0 Å². The summed E-state index contributed by atoms with van der Waals surface area (Å²) < 4.78 is 5.15. The van der Waals surface area contributed by atoms with E-state index in [-0.39, 0.29) is 0 Å². The Morgan fingerprint density at radius 1 is 1.27 bits per heavy atom. The predicted octanol–water partition coefficient (Wildman–Crippen LogP) is 1.57. The summed E-state index contributed by atoms with van der Waals surface area (Å²) in [6, 6.07) is 0.469. The largest absolute Gasteiger partial charge is 0.383 e. The Bertz CT molecular complexity index is 151. The monoisotopic (exact) mass is 216 g/mol. The topological polar surface area (TPSA) is 38.5 Å². The minimum Gasteiger partial charge on any atom is -0.383 e. The molecule has 0 saturated carbocycles. The number of rotatable bonds is 8. The Labute approximate surface area is 95.0 Å². The molecule has 0 heterocycles. The number of hydrogen-bond acceptors (Lipinski definition) is 3. The molecule has 2 atom stereocenters. The molecule has 0 saturated heterocycles. The maximum absolute atomic E-state index is 5.79. The summed E-state index contributed by atoms with van der Waals surface area (Å²) in [6.45, 7) is 9.33. The number of nitrogens with zero attached hydrogens (tertiary/aromatic N) is 1. The van der Waals surface area contributed by atoms with Crippen molar-refractivity contribution in [2.24, 2.45) is 17.6 Å². The van der Waals surface area contributed by atoms with Gasteiger partial charge >= 0.3 is 0 Å². The average molecular weight is 216 g/mol. The standard InChI is InChI=1S/C12H28N2O/c1-10(2)6-12(7-13)8-14(4)11(3)9-15-5/h10-12H,6-9,13H2,1-5H3. The van der Waals surface area contributed by atoms with Gasteiger partial charge in [0.2, 0.25) is 0 Å². The third kappa shape index (κ3) is 6.88. The third-order valence-corrected chi connectivity index (χ3v) is 2.84. The maximum atomic E-state index is 5.79. The summed E-state index contributed by atoms with van der Waals surface area (Å²) in [5, 5.41) is 0. The fourth-order valence-electron chi connectivity index (χ4n) is 1.87. The first-order valence-electron chi connectivity index (χ1n) is 5.90. The van der Waals surface area contributed by atoms with Crippen molar-refractivity contribution in [3.05, 3.63) is 0 Å². The van der Waals surface area contributed by atoms with Crippen LogP contribution < -0.4 is 5.73 Å². The summed E-state index contributed by atoms with van der Waals surface area (Å²) in [7, 11) is 3.89. The molecule has 0 aliphatic rings. The lowest BCUT2D eigenvalue weighted by molar-refractivity contribution is 0.104. The molecule has 0 aliphatic heterocycles. The molecule has 0 aromatic rings. The molecule has 0 amide bonds. The molecule has 3 heteroatoms. The van der Waals surface area contributed by atoms with Crippen LogP contribution in [0.25, 0.3) is 0 Å². The zero-order valence-corrected chi connectivity index (χ0v) is 11.0. The molecule has 15 heavy (non-hydrogen) atoms. The van der Waals surface area contributed by atoms with E-state index in [0.717, 1.165) is 25.6 Å². The van der Waals surface area contributed by atoms with Gasteiger partial charge in [0.1, 0.15) is 0 Å². The molecule has 0 aliphatic carbocycles. The number of hydrogen-bond donors (Lipinski definition) is 1. The number of likely N-dealkylation sites (N-methyl/N-ethyl adjacent to an activating group) is 1. The van der Waals surface area contributed by atoms with Crippen molar-refractivity contribution in [2.45, 2.75) is 33.2 Å². The Morgan fingerprint density at radius 3 is 2.27 bits per heavy atom. The lowest BCUT2D eigenvalue weighted by Crippen LogP contribution is -2.38. The molecule has 2 N–H and O–H groups in total. The van der Waals surface area contributed by atoms with E-state index in [4.69, 9.17) is 10.5 Å². The summed E-state index contributed by atoms with van der Waals surface area (Å²) >= 11 is 0. The number of methoxy groups -OCH3 is 1.